The highest BCUT2D eigenvalue weighted by Crippen LogP contribution is 2.28. The zero-order chi connectivity index (χ0) is 19.9. The lowest BCUT2D eigenvalue weighted by molar-refractivity contribution is -0.134. The van der Waals surface area contributed by atoms with E-state index in [0.29, 0.717) is 23.7 Å². The minimum atomic E-state index is -0.513. The summed E-state index contributed by atoms with van der Waals surface area (Å²) in [5.41, 5.74) is 2.60. The summed E-state index contributed by atoms with van der Waals surface area (Å²) in [5, 5.41) is 0.760. The Morgan fingerprint density at radius 2 is 1.68 bits per heavy atom. The molecule has 2 aromatic carbocycles. The van der Waals surface area contributed by atoms with Gasteiger partial charge in [-0.05, 0) is 19.4 Å². The van der Waals surface area contributed by atoms with Gasteiger partial charge in [0.25, 0.3) is 5.91 Å². The third kappa shape index (κ3) is 4.84. The number of rotatable bonds is 7. The molecule has 3 aromatic rings. The molecule has 0 aliphatic heterocycles. The van der Waals surface area contributed by atoms with Crippen LogP contribution in [0, 0.1) is 6.92 Å². The first kappa shape index (κ1) is 19.8. The van der Waals surface area contributed by atoms with Crippen molar-refractivity contribution in [1.82, 2.24) is 9.88 Å². The second-order valence-corrected chi connectivity index (χ2v) is 7.27. The van der Waals surface area contributed by atoms with Gasteiger partial charge in [-0.25, -0.2) is 9.78 Å². The Kier molecular flexibility index (Phi) is 6.55. The highest BCUT2D eigenvalue weighted by Gasteiger charge is 2.20. The van der Waals surface area contributed by atoms with Crippen molar-refractivity contribution in [2.75, 3.05) is 13.2 Å². The first-order valence-corrected chi connectivity index (χ1v) is 9.91. The molecule has 5 nitrogen and oxygen atoms in total. The number of nitrogens with zero attached hydrogens (tertiary/aromatic N) is 2. The summed E-state index contributed by atoms with van der Waals surface area (Å²) in [4.78, 5) is 31.5. The Labute approximate surface area is 168 Å². The van der Waals surface area contributed by atoms with Crippen molar-refractivity contribution in [1.29, 1.82) is 0 Å². The molecule has 0 unspecified atom stereocenters. The number of ether oxygens (including phenoxy) is 1. The summed E-state index contributed by atoms with van der Waals surface area (Å²) in [7, 11) is 0. The molecule has 1 aromatic heterocycles. The van der Waals surface area contributed by atoms with Crippen LogP contribution >= 0.6 is 11.3 Å². The van der Waals surface area contributed by atoms with Gasteiger partial charge in [0.15, 0.2) is 6.61 Å². The van der Waals surface area contributed by atoms with Crippen molar-refractivity contribution >= 4 is 23.2 Å². The predicted molar refractivity (Wildman–Crippen MR) is 110 cm³/mol. The molecule has 0 saturated carbocycles. The molecule has 0 N–H and O–H groups in total. The van der Waals surface area contributed by atoms with Crippen LogP contribution in [-0.4, -0.2) is 34.9 Å². The number of esters is 1. The van der Waals surface area contributed by atoms with Crippen LogP contribution < -0.4 is 0 Å². The lowest BCUT2D eigenvalue weighted by Gasteiger charge is -2.20. The molecular formula is C22H22N2O3S. The molecule has 144 valence electrons. The number of amides is 1. The average molecular weight is 394 g/mol. The molecule has 0 spiro atoms. The first-order valence-electron chi connectivity index (χ1n) is 9.10. The minimum absolute atomic E-state index is 0.217. The fourth-order valence-electron chi connectivity index (χ4n) is 2.75. The second-order valence-electron chi connectivity index (χ2n) is 6.27. The molecule has 1 heterocycles. The Hall–Kier alpha value is -2.99. The standard InChI is InChI=1S/C22H22N2O3S/c1-3-24(14-17-10-6-4-7-11-17)19(25)15-27-22(26)20-16(2)23-21(28-20)18-12-8-5-9-13-18/h4-13H,3,14-15H2,1-2H3. The highest BCUT2D eigenvalue weighted by molar-refractivity contribution is 7.17. The molecule has 0 radical (unpaired) electrons. The molecule has 28 heavy (non-hydrogen) atoms. The first-order chi connectivity index (χ1) is 13.6. The van der Waals surface area contributed by atoms with Crippen molar-refractivity contribution < 1.29 is 14.3 Å². The summed E-state index contributed by atoms with van der Waals surface area (Å²) in [6.07, 6.45) is 0. The Morgan fingerprint density at radius 1 is 1.04 bits per heavy atom. The van der Waals surface area contributed by atoms with E-state index in [9.17, 15) is 9.59 Å². The SMILES string of the molecule is CCN(Cc1ccccc1)C(=O)COC(=O)c1sc(-c2ccccc2)nc1C. The minimum Gasteiger partial charge on any atom is -0.451 e. The van der Waals surface area contributed by atoms with Gasteiger partial charge < -0.3 is 9.64 Å². The molecular weight excluding hydrogens is 372 g/mol. The van der Waals surface area contributed by atoms with Crippen LogP contribution in [0.1, 0.15) is 27.9 Å². The van der Waals surface area contributed by atoms with E-state index in [4.69, 9.17) is 4.74 Å². The smallest absolute Gasteiger partial charge is 0.350 e. The Morgan fingerprint density at radius 3 is 2.32 bits per heavy atom. The van der Waals surface area contributed by atoms with Gasteiger partial charge in [-0.1, -0.05) is 60.7 Å². The van der Waals surface area contributed by atoms with Gasteiger partial charge in [0.1, 0.15) is 9.88 Å². The number of aromatic nitrogens is 1. The Bertz CT molecular complexity index is 939. The second kappa shape index (κ2) is 9.28. The maximum Gasteiger partial charge on any atom is 0.350 e. The van der Waals surface area contributed by atoms with E-state index >= 15 is 0 Å². The summed E-state index contributed by atoms with van der Waals surface area (Å²) in [6, 6.07) is 19.4. The summed E-state index contributed by atoms with van der Waals surface area (Å²) >= 11 is 1.28. The number of thiazole rings is 1. The van der Waals surface area contributed by atoms with E-state index in [-0.39, 0.29) is 12.5 Å². The van der Waals surface area contributed by atoms with Gasteiger partial charge in [0.05, 0.1) is 5.69 Å². The fraction of sp³-hybridized carbons (Fsp3) is 0.227. The van der Waals surface area contributed by atoms with E-state index in [0.717, 1.165) is 16.1 Å². The van der Waals surface area contributed by atoms with Gasteiger partial charge in [0.2, 0.25) is 0 Å². The van der Waals surface area contributed by atoms with Crippen molar-refractivity contribution in [3.8, 4) is 10.6 Å². The quantitative estimate of drug-likeness (QED) is 0.560. The Balaban J connectivity index is 1.62. The van der Waals surface area contributed by atoms with Crippen molar-refractivity contribution in [2.24, 2.45) is 0 Å². The average Bonchev–Trinajstić information content (AvgIpc) is 3.13. The van der Waals surface area contributed by atoms with Gasteiger partial charge in [-0.3, -0.25) is 4.79 Å². The lowest BCUT2D eigenvalue weighted by Crippen LogP contribution is -2.34. The van der Waals surface area contributed by atoms with Crippen LogP contribution in [0.3, 0.4) is 0 Å². The number of hydrogen-bond acceptors (Lipinski definition) is 5. The summed E-state index contributed by atoms with van der Waals surface area (Å²) in [5.74, 6) is -0.730. The van der Waals surface area contributed by atoms with Gasteiger partial charge in [-0.15, -0.1) is 11.3 Å². The molecule has 0 fully saturated rings. The van der Waals surface area contributed by atoms with Gasteiger partial charge >= 0.3 is 5.97 Å². The molecule has 0 bridgehead atoms. The zero-order valence-electron chi connectivity index (χ0n) is 15.9. The normalized spacial score (nSPS) is 10.5. The monoisotopic (exact) mass is 394 g/mol. The number of aryl methyl sites for hydroxylation is 1. The van der Waals surface area contributed by atoms with E-state index < -0.39 is 5.97 Å². The highest BCUT2D eigenvalue weighted by atomic mass is 32.1. The number of carbonyl (C=O) groups is 2. The molecule has 0 aliphatic carbocycles. The summed E-state index contributed by atoms with van der Waals surface area (Å²) < 4.78 is 5.28. The largest absolute Gasteiger partial charge is 0.451 e. The van der Waals surface area contributed by atoms with Crippen LogP contribution in [0.5, 0.6) is 0 Å². The molecule has 1 amide bonds. The maximum absolute atomic E-state index is 12.5. The lowest BCUT2D eigenvalue weighted by atomic mass is 10.2. The zero-order valence-corrected chi connectivity index (χ0v) is 16.7. The molecule has 3 rings (SSSR count). The van der Waals surface area contributed by atoms with Crippen LogP contribution in [-0.2, 0) is 16.1 Å². The van der Waals surface area contributed by atoms with Crippen molar-refractivity contribution in [3.63, 3.8) is 0 Å². The molecule has 0 saturated heterocycles. The van der Waals surface area contributed by atoms with Gasteiger partial charge in [-0.2, -0.15) is 0 Å². The molecule has 6 heteroatoms. The third-order valence-corrected chi connectivity index (χ3v) is 5.47. The topological polar surface area (TPSA) is 59.5 Å². The maximum atomic E-state index is 12.5. The number of benzene rings is 2. The molecule has 0 aliphatic rings. The van der Waals surface area contributed by atoms with E-state index in [1.807, 2.05) is 67.6 Å². The number of carbonyl (C=O) groups excluding carboxylic acids is 2. The van der Waals surface area contributed by atoms with Crippen molar-refractivity contribution in [2.45, 2.75) is 20.4 Å². The van der Waals surface area contributed by atoms with Crippen LogP contribution in [0.4, 0.5) is 0 Å². The third-order valence-electron chi connectivity index (χ3n) is 4.28. The van der Waals surface area contributed by atoms with E-state index in [1.54, 1.807) is 11.8 Å². The van der Waals surface area contributed by atoms with Crippen LogP contribution in [0.15, 0.2) is 60.7 Å². The van der Waals surface area contributed by atoms with E-state index in [2.05, 4.69) is 4.98 Å². The van der Waals surface area contributed by atoms with E-state index in [1.165, 1.54) is 11.3 Å². The van der Waals surface area contributed by atoms with Crippen LogP contribution in [0.25, 0.3) is 10.6 Å². The fourth-order valence-corrected chi connectivity index (χ4v) is 3.72. The van der Waals surface area contributed by atoms with Crippen LogP contribution in [0.2, 0.25) is 0 Å². The van der Waals surface area contributed by atoms with Crippen molar-refractivity contribution in [3.05, 3.63) is 76.8 Å². The number of likely N-dealkylation sites (N-methyl/N-ethyl adjacent to an activating group) is 1. The molecule has 0 atom stereocenters. The van der Waals surface area contributed by atoms with Gasteiger partial charge in [0, 0.05) is 18.7 Å². The predicted octanol–water partition coefficient (Wildman–Crippen LogP) is 4.32. The summed E-state index contributed by atoms with van der Waals surface area (Å²) in [6.45, 7) is 4.43. The number of hydrogen-bond donors (Lipinski definition) is 0.